The van der Waals surface area contributed by atoms with E-state index in [1.807, 2.05) is 7.05 Å². The zero-order valence-corrected chi connectivity index (χ0v) is 10.2. The van der Waals surface area contributed by atoms with Crippen molar-refractivity contribution in [3.05, 3.63) is 0 Å². The molecule has 86 valence electrons. The van der Waals surface area contributed by atoms with Gasteiger partial charge in [-0.3, -0.25) is 4.55 Å². The summed E-state index contributed by atoms with van der Waals surface area (Å²) in [4.78, 5) is 0. The Morgan fingerprint density at radius 2 is 1.71 bits per heavy atom. The summed E-state index contributed by atoms with van der Waals surface area (Å²) in [6.07, 6.45) is 5.36. The third-order valence-corrected chi connectivity index (χ3v) is 3.95. The fourth-order valence-electron chi connectivity index (χ4n) is 1.10. The minimum atomic E-state index is -3.82. The van der Waals surface area contributed by atoms with Crippen molar-refractivity contribution in [1.29, 1.82) is 0 Å². The zero-order valence-electron chi connectivity index (χ0n) is 8.53. The van der Waals surface area contributed by atoms with E-state index in [0.717, 1.165) is 25.8 Å². The maximum Gasteiger partial charge on any atom is 0.319 e. The molecular weight excluding hydrogens is 222 g/mol. The summed E-state index contributed by atoms with van der Waals surface area (Å²) in [5.74, 6) is 0.491. The molecule has 0 spiro atoms. The molecule has 0 saturated carbocycles. The van der Waals surface area contributed by atoms with Crippen LogP contribution in [-0.2, 0) is 9.15 Å². The Morgan fingerprint density at radius 3 is 2.29 bits per heavy atom. The third-order valence-electron chi connectivity index (χ3n) is 1.80. The highest BCUT2D eigenvalue weighted by atomic mass is 33.1. The van der Waals surface area contributed by atoms with E-state index in [1.54, 1.807) is 0 Å². The zero-order chi connectivity index (χ0) is 10.9. The van der Waals surface area contributed by atoms with E-state index in [-0.39, 0.29) is 0 Å². The molecule has 4 nitrogen and oxygen atoms in total. The summed E-state index contributed by atoms with van der Waals surface area (Å²) in [7, 11) is -1.27. The number of rotatable bonds is 9. The molecule has 0 atom stereocenters. The predicted molar refractivity (Wildman–Crippen MR) is 61.0 cm³/mol. The van der Waals surface area contributed by atoms with Crippen LogP contribution in [-0.4, -0.2) is 32.3 Å². The van der Waals surface area contributed by atoms with Crippen LogP contribution in [0.3, 0.4) is 0 Å². The van der Waals surface area contributed by atoms with Crippen molar-refractivity contribution >= 4 is 19.9 Å². The van der Waals surface area contributed by atoms with Crippen LogP contribution in [0.5, 0.6) is 0 Å². The molecule has 0 saturated heterocycles. The molecule has 14 heavy (non-hydrogen) atoms. The van der Waals surface area contributed by atoms with Gasteiger partial charge in [-0.1, -0.05) is 19.3 Å². The van der Waals surface area contributed by atoms with Crippen molar-refractivity contribution < 1.29 is 13.0 Å². The summed E-state index contributed by atoms with van der Waals surface area (Å²) in [6.45, 7) is 1.04. The lowest BCUT2D eigenvalue weighted by atomic mass is 10.1. The normalized spacial score (nSPS) is 11.9. The molecule has 0 amide bonds. The first-order chi connectivity index (χ1) is 6.56. The van der Waals surface area contributed by atoms with E-state index in [0.29, 0.717) is 16.5 Å². The summed E-state index contributed by atoms with van der Waals surface area (Å²) < 4.78 is 29.0. The second-order valence-corrected chi connectivity index (χ2v) is 6.59. The van der Waals surface area contributed by atoms with Crippen molar-refractivity contribution in [3.63, 3.8) is 0 Å². The smallest absolute Gasteiger partial charge is 0.319 e. The monoisotopic (exact) mass is 241 g/mol. The maximum absolute atomic E-state index is 10.3. The van der Waals surface area contributed by atoms with Crippen LogP contribution in [0.4, 0.5) is 0 Å². The van der Waals surface area contributed by atoms with Crippen molar-refractivity contribution in [2.75, 3.05) is 19.3 Å². The second-order valence-electron chi connectivity index (χ2n) is 3.12. The van der Waals surface area contributed by atoms with Crippen LogP contribution in [0, 0.1) is 0 Å². The van der Waals surface area contributed by atoms with Gasteiger partial charge in [0.2, 0.25) is 0 Å². The molecule has 0 rings (SSSR count). The molecule has 6 heteroatoms. The molecule has 2 N–H and O–H groups in total. The Morgan fingerprint density at radius 1 is 1.14 bits per heavy atom. The highest BCUT2D eigenvalue weighted by Gasteiger charge is 2.03. The van der Waals surface area contributed by atoms with Crippen molar-refractivity contribution in [2.45, 2.75) is 32.1 Å². The lowest BCUT2D eigenvalue weighted by molar-refractivity contribution is 0.503. The molecule has 0 bridgehead atoms. The van der Waals surface area contributed by atoms with Gasteiger partial charge < -0.3 is 5.32 Å². The first-order valence-corrected chi connectivity index (χ1v) is 7.77. The van der Waals surface area contributed by atoms with Crippen LogP contribution < -0.4 is 5.32 Å². The molecule has 0 aliphatic rings. The van der Waals surface area contributed by atoms with Crippen LogP contribution >= 0.6 is 10.8 Å². The lowest BCUT2D eigenvalue weighted by Gasteiger charge is -2.00. The summed E-state index contributed by atoms with van der Waals surface area (Å²) >= 11 is 0. The summed E-state index contributed by atoms with van der Waals surface area (Å²) in [6, 6.07) is 0. The fourth-order valence-corrected chi connectivity index (χ4v) is 2.62. The van der Waals surface area contributed by atoms with Crippen LogP contribution in [0.25, 0.3) is 0 Å². The average Bonchev–Trinajstić information content (AvgIpc) is 2.08. The van der Waals surface area contributed by atoms with Gasteiger partial charge in [-0.2, -0.15) is 8.42 Å². The molecular formula is C8H19NO3S2. The van der Waals surface area contributed by atoms with Gasteiger partial charge in [0.25, 0.3) is 0 Å². The third kappa shape index (κ3) is 12.2. The Balaban J connectivity index is 3.07. The number of nitrogens with one attached hydrogen (secondary N) is 1. The topological polar surface area (TPSA) is 66.4 Å². The van der Waals surface area contributed by atoms with E-state index in [4.69, 9.17) is 4.55 Å². The molecule has 0 fully saturated rings. The van der Waals surface area contributed by atoms with Gasteiger partial charge in [0.15, 0.2) is 0 Å². The molecule has 0 aliphatic heterocycles. The van der Waals surface area contributed by atoms with Gasteiger partial charge in [0.1, 0.15) is 0 Å². The number of hydrogen-bond acceptors (Lipinski definition) is 4. The molecule has 0 radical (unpaired) electrons. The van der Waals surface area contributed by atoms with Gasteiger partial charge in [0, 0.05) is 5.75 Å². The molecule has 0 aromatic carbocycles. The van der Waals surface area contributed by atoms with Crippen molar-refractivity contribution in [2.24, 2.45) is 0 Å². The standard InChI is InChI=1S/C8H19NO3S2/c1-9-7-5-3-2-4-6-8-13-14(10,11)12/h9H,2-8H2,1H3,(H,10,11,12). The van der Waals surface area contributed by atoms with E-state index >= 15 is 0 Å². The molecule has 0 aromatic rings. The molecule has 0 aromatic heterocycles. The minimum Gasteiger partial charge on any atom is -0.320 e. The fraction of sp³-hybridized carbons (Fsp3) is 1.00. The Kier molecular flexibility index (Phi) is 8.66. The van der Waals surface area contributed by atoms with E-state index in [9.17, 15) is 8.42 Å². The van der Waals surface area contributed by atoms with Gasteiger partial charge in [0.05, 0.1) is 0 Å². The van der Waals surface area contributed by atoms with Crippen LogP contribution in [0.2, 0.25) is 0 Å². The Hall–Kier alpha value is 0.220. The first kappa shape index (κ1) is 14.2. The maximum atomic E-state index is 10.3. The number of unbranched alkanes of at least 4 members (excludes halogenated alkanes) is 4. The van der Waals surface area contributed by atoms with E-state index in [1.165, 1.54) is 12.8 Å². The first-order valence-electron chi connectivity index (χ1n) is 4.82. The number of hydrogen-bond donors (Lipinski definition) is 2. The Bertz CT molecular complexity index is 217. The second kappa shape index (κ2) is 8.52. The predicted octanol–water partition coefficient (Wildman–Crippen LogP) is 1.69. The van der Waals surface area contributed by atoms with E-state index in [2.05, 4.69) is 5.32 Å². The SMILES string of the molecule is CNCCCCCCCSS(=O)(=O)O. The van der Waals surface area contributed by atoms with Crippen LogP contribution in [0.1, 0.15) is 32.1 Å². The van der Waals surface area contributed by atoms with Crippen LogP contribution in [0.15, 0.2) is 0 Å². The van der Waals surface area contributed by atoms with E-state index < -0.39 is 9.15 Å². The molecule has 0 heterocycles. The highest BCUT2D eigenvalue weighted by molar-refractivity contribution is 8.69. The molecule has 0 aliphatic carbocycles. The van der Waals surface area contributed by atoms with Crippen molar-refractivity contribution in [3.8, 4) is 0 Å². The summed E-state index contributed by atoms with van der Waals surface area (Å²) in [5, 5.41) is 3.07. The average molecular weight is 241 g/mol. The van der Waals surface area contributed by atoms with Gasteiger partial charge in [-0.05, 0) is 37.2 Å². The van der Waals surface area contributed by atoms with Gasteiger partial charge in [-0.15, -0.1) is 0 Å². The molecule has 0 unspecified atom stereocenters. The lowest BCUT2D eigenvalue weighted by Crippen LogP contribution is -2.06. The highest BCUT2D eigenvalue weighted by Crippen LogP contribution is 2.13. The summed E-state index contributed by atoms with van der Waals surface area (Å²) in [5.41, 5.74) is 0. The largest absolute Gasteiger partial charge is 0.320 e. The minimum absolute atomic E-state index is 0.491. The van der Waals surface area contributed by atoms with Gasteiger partial charge >= 0.3 is 9.15 Å². The quantitative estimate of drug-likeness (QED) is 0.365. The van der Waals surface area contributed by atoms with Crippen molar-refractivity contribution in [1.82, 2.24) is 5.32 Å². The van der Waals surface area contributed by atoms with Gasteiger partial charge in [-0.25, -0.2) is 0 Å². The Labute approximate surface area is 90.0 Å².